The van der Waals surface area contributed by atoms with E-state index in [1.165, 1.54) is 0 Å². The number of amides is 3. The summed E-state index contributed by atoms with van der Waals surface area (Å²) in [6, 6.07) is 6.78. The Morgan fingerprint density at radius 2 is 1.88 bits per heavy atom. The van der Waals surface area contributed by atoms with Gasteiger partial charge in [-0.1, -0.05) is 30.3 Å². The highest BCUT2D eigenvalue weighted by atomic mass is 16.4. The van der Waals surface area contributed by atoms with Crippen LogP contribution in [0.4, 0.5) is 0 Å². The van der Waals surface area contributed by atoms with Crippen molar-refractivity contribution in [3.05, 3.63) is 40.8 Å². The topological polar surface area (TPSA) is 141 Å². The molecule has 0 aromatic heterocycles. The highest BCUT2D eigenvalue weighted by Gasteiger charge is 2.55. The van der Waals surface area contributed by atoms with Crippen molar-refractivity contribution >= 4 is 23.7 Å². The number of aliphatic carboxylic acids is 1. The smallest absolute Gasteiger partial charge is 0.309 e. The van der Waals surface area contributed by atoms with Gasteiger partial charge in [-0.3, -0.25) is 24.1 Å². The Bertz CT molecular complexity index is 703. The van der Waals surface area contributed by atoms with Crippen molar-refractivity contribution < 1.29 is 29.4 Å². The van der Waals surface area contributed by atoms with E-state index < -0.39 is 48.2 Å². The van der Waals surface area contributed by atoms with Crippen molar-refractivity contribution in [1.82, 2.24) is 4.90 Å². The van der Waals surface area contributed by atoms with Gasteiger partial charge < -0.3 is 10.2 Å². The second kappa shape index (κ2) is 6.67. The number of carbonyl (C=O) groups is 4. The molecule has 9 heteroatoms. The summed E-state index contributed by atoms with van der Waals surface area (Å²) in [4.78, 5) is 58.1. The molecule has 2 N–H and O–H groups in total. The van der Waals surface area contributed by atoms with Gasteiger partial charge in [0.15, 0.2) is 5.60 Å². The van der Waals surface area contributed by atoms with E-state index in [-0.39, 0.29) is 6.42 Å². The van der Waals surface area contributed by atoms with Crippen LogP contribution in [0.5, 0.6) is 0 Å². The Kier molecular flexibility index (Phi) is 4.84. The summed E-state index contributed by atoms with van der Waals surface area (Å²) in [5.41, 5.74) is -1.87. The number of nitrogens with zero attached hydrogens (tertiary/aromatic N) is 2. The largest absolute Gasteiger partial charge is 0.481 e. The summed E-state index contributed by atoms with van der Waals surface area (Å²) in [6.45, 7) is 0. The maximum atomic E-state index is 12.3. The first-order valence-corrected chi connectivity index (χ1v) is 7.00. The number of hydrogen-bond acceptors (Lipinski definition) is 6. The molecule has 0 radical (unpaired) electrons. The van der Waals surface area contributed by atoms with Crippen LogP contribution < -0.4 is 0 Å². The molecule has 3 amide bonds. The molecule has 2 rings (SSSR count). The third-order valence-corrected chi connectivity index (χ3v) is 3.73. The molecule has 1 saturated heterocycles. The summed E-state index contributed by atoms with van der Waals surface area (Å²) < 4.78 is 0. The van der Waals surface area contributed by atoms with Crippen LogP contribution in [0.15, 0.2) is 35.5 Å². The van der Waals surface area contributed by atoms with Gasteiger partial charge in [-0.05, 0) is 5.56 Å². The highest BCUT2D eigenvalue weighted by Crippen LogP contribution is 2.30. The molecule has 1 fully saturated rings. The minimum atomic E-state index is -2.43. The van der Waals surface area contributed by atoms with Crippen molar-refractivity contribution in [1.29, 1.82) is 0 Å². The molecular formula is C15H14N2O7. The zero-order chi connectivity index (χ0) is 17.9. The molecule has 9 nitrogen and oxygen atoms in total. The van der Waals surface area contributed by atoms with Gasteiger partial charge in [0.1, 0.15) is 6.04 Å². The number of nitroso groups, excluding NO2 is 1. The van der Waals surface area contributed by atoms with Crippen LogP contribution in [0.1, 0.15) is 18.4 Å². The van der Waals surface area contributed by atoms with Crippen LogP contribution in [0.2, 0.25) is 0 Å². The van der Waals surface area contributed by atoms with Crippen LogP contribution in [0.3, 0.4) is 0 Å². The second-order valence-electron chi connectivity index (χ2n) is 5.48. The minimum absolute atomic E-state index is 0.161. The summed E-state index contributed by atoms with van der Waals surface area (Å²) in [6.07, 6.45) is -1.91. The molecule has 1 aromatic carbocycles. The highest BCUT2D eigenvalue weighted by molar-refractivity contribution is 6.11. The van der Waals surface area contributed by atoms with E-state index in [0.717, 1.165) is 0 Å². The van der Waals surface area contributed by atoms with Gasteiger partial charge in [-0.2, -0.15) is 0 Å². The van der Waals surface area contributed by atoms with Crippen molar-refractivity contribution in [3.8, 4) is 0 Å². The van der Waals surface area contributed by atoms with Crippen molar-refractivity contribution in [2.45, 2.75) is 30.9 Å². The lowest BCUT2D eigenvalue weighted by Gasteiger charge is -2.24. The van der Waals surface area contributed by atoms with Gasteiger partial charge >= 0.3 is 11.9 Å². The number of hydrogen-bond donors (Lipinski definition) is 2. The molecule has 1 aliphatic heterocycles. The lowest BCUT2D eigenvalue weighted by Crippen LogP contribution is -2.49. The predicted molar refractivity (Wildman–Crippen MR) is 78.4 cm³/mol. The number of likely N-dealkylation sites (tertiary alicyclic amines) is 1. The number of benzene rings is 1. The molecule has 0 aliphatic carbocycles. The maximum Gasteiger partial charge on any atom is 0.309 e. The number of aliphatic hydroxyl groups is 1. The fraction of sp³-hybridized carbons (Fsp3) is 0.333. The van der Waals surface area contributed by atoms with Gasteiger partial charge in [0.05, 0.1) is 12.8 Å². The number of carbonyl (C=O) groups excluding carboxylic acids is 3. The quantitative estimate of drug-likeness (QED) is 0.544. The normalized spacial score (nSPS) is 21.6. The summed E-state index contributed by atoms with van der Waals surface area (Å²) in [7, 11) is 0. The van der Waals surface area contributed by atoms with E-state index in [0.29, 0.717) is 10.5 Å². The Labute approximate surface area is 135 Å². The van der Waals surface area contributed by atoms with Crippen LogP contribution in [0, 0.1) is 4.91 Å². The van der Waals surface area contributed by atoms with Crippen molar-refractivity contribution in [2.24, 2.45) is 5.18 Å². The first kappa shape index (κ1) is 17.4. The average Bonchev–Trinajstić information content (AvgIpc) is 2.74. The summed E-state index contributed by atoms with van der Waals surface area (Å²) >= 11 is 0. The Balaban J connectivity index is 2.34. The van der Waals surface area contributed by atoms with E-state index in [4.69, 9.17) is 5.11 Å². The van der Waals surface area contributed by atoms with E-state index in [1.807, 2.05) is 0 Å². The van der Waals surface area contributed by atoms with Crippen molar-refractivity contribution in [2.75, 3.05) is 0 Å². The standard InChI is InChI=1S/C15H14N2O7/c18-11-7-15(23,8-12(19)20)14(22)17(11)10(13(21)16-24)6-9-4-2-1-3-5-9/h1-5,10,23H,6-8H2,(H,19,20). The maximum absolute atomic E-state index is 12.3. The van der Waals surface area contributed by atoms with Crippen LogP contribution in [-0.2, 0) is 25.6 Å². The van der Waals surface area contributed by atoms with Crippen LogP contribution in [-0.4, -0.2) is 50.4 Å². The molecule has 1 aliphatic rings. The van der Waals surface area contributed by atoms with Gasteiger partial charge in [0.2, 0.25) is 5.91 Å². The molecule has 24 heavy (non-hydrogen) atoms. The van der Waals surface area contributed by atoms with Gasteiger partial charge in [-0.25, -0.2) is 0 Å². The lowest BCUT2D eigenvalue weighted by molar-refractivity contribution is -0.156. The molecule has 0 bridgehead atoms. The van der Waals surface area contributed by atoms with E-state index >= 15 is 0 Å². The molecule has 2 unspecified atom stereocenters. The fourth-order valence-electron chi connectivity index (χ4n) is 2.64. The number of rotatable bonds is 6. The lowest BCUT2D eigenvalue weighted by atomic mass is 9.98. The third kappa shape index (κ3) is 3.35. The monoisotopic (exact) mass is 334 g/mol. The first-order valence-electron chi connectivity index (χ1n) is 7.00. The molecule has 0 spiro atoms. The molecule has 1 heterocycles. The SMILES string of the molecule is O=NC(=O)C(Cc1ccccc1)N1C(=O)CC(O)(CC(=O)O)C1=O. The van der Waals surface area contributed by atoms with Gasteiger partial charge in [-0.15, -0.1) is 4.91 Å². The second-order valence-corrected chi connectivity index (χ2v) is 5.48. The van der Waals surface area contributed by atoms with E-state index in [9.17, 15) is 29.2 Å². The average molecular weight is 334 g/mol. The number of imide groups is 1. The fourth-order valence-corrected chi connectivity index (χ4v) is 2.64. The van der Waals surface area contributed by atoms with E-state index in [2.05, 4.69) is 5.18 Å². The predicted octanol–water partition coefficient (Wildman–Crippen LogP) is -0.145. The third-order valence-electron chi connectivity index (χ3n) is 3.73. The molecule has 0 saturated carbocycles. The van der Waals surface area contributed by atoms with Crippen molar-refractivity contribution in [3.63, 3.8) is 0 Å². The number of carboxylic acids is 1. The van der Waals surface area contributed by atoms with Gasteiger partial charge in [0.25, 0.3) is 5.91 Å². The van der Waals surface area contributed by atoms with E-state index in [1.54, 1.807) is 30.3 Å². The molecule has 126 valence electrons. The first-order chi connectivity index (χ1) is 11.3. The Morgan fingerprint density at radius 1 is 1.25 bits per heavy atom. The minimum Gasteiger partial charge on any atom is -0.481 e. The molecule has 1 aromatic rings. The zero-order valence-corrected chi connectivity index (χ0v) is 12.4. The van der Waals surface area contributed by atoms with Crippen LogP contribution >= 0.6 is 0 Å². The Hall–Kier alpha value is -2.94. The summed E-state index contributed by atoms with van der Waals surface area (Å²) in [5, 5.41) is 21.2. The van der Waals surface area contributed by atoms with Gasteiger partial charge in [0, 0.05) is 11.6 Å². The number of carboxylic acid groups (broad SMARTS) is 1. The van der Waals surface area contributed by atoms with Crippen LogP contribution in [0.25, 0.3) is 0 Å². The molecular weight excluding hydrogens is 320 g/mol. The molecule has 2 atom stereocenters. The Morgan fingerprint density at radius 3 is 2.42 bits per heavy atom. The summed E-state index contributed by atoms with van der Waals surface area (Å²) in [5.74, 6) is -4.87. The zero-order valence-electron chi connectivity index (χ0n) is 12.4.